The predicted molar refractivity (Wildman–Crippen MR) is 62.6 cm³/mol. The second kappa shape index (κ2) is 3.93. The quantitative estimate of drug-likeness (QED) is 0.825. The van der Waals surface area contributed by atoms with Crippen molar-refractivity contribution in [2.24, 2.45) is 5.92 Å². The Labute approximate surface area is 96.5 Å². The molecule has 0 aromatic carbocycles. The maximum Gasteiger partial charge on any atom is 0.104 e. The predicted octanol–water partition coefficient (Wildman–Crippen LogP) is 2.33. The third-order valence-electron chi connectivity index (χ3n) is 2.71. The number of rotatable bonds is 1. The Kier molecular flexibility index (Phi) is 2.98. The summed E-state index contributed by atoms with van der Waals surface area (Å²) in [6.45, 7) is 3.83. The number of halogens is 1. The van der Waals surface area contributed by atoms with Gasteiger partial charge in [0.15, 0.2) is 0 Å². The molecule has 2 nitrogen and oxygen atoms in total. The van der Waals surface area contributed by atoms with E-state index >= 15 is 0 Å². The van der Waals surface area contributed by atoms with Gasteiger partial charge in [0, 0.05) is 22.0 Å². The minimum Gasteiger partial charge on any atom is -0.384 e. The third kappa shape index (κ3) is 1.89. The number of thiophene rings is 1. The molecular formula is C10H14BrNOS. The highest BCUT2D eigenvalue weighted by molar-refractivity contribution is 9.10. The van der Waals surface area contributed by atoms with Crippen LogP contribution in [0, 0.1) is 5.92 Å². The number of nitrogens with one attached hydrogen (secondary N) is 1. The molecule has 0 amide bonds. The second-order valence-electron chi connectivity index (χ2n) is 4.11. The summed E-state index contributed by atoms with van der Waals surface area (Å²) in [5.41, 5.74) is 0.345. The molecule has 1 fully saturated rings. The summed E-state index contributed by atoms with van der Waals surface area (Å²) in [7, 11) is 0. The van der Waals surface area contributed by atoms with E-state index in [0.717, 1.165) is 23.0 Å². The molecule has 1 aromatic rings. The SMILES string of the molecule is CC1CNCC(O)(c2cscc2Br)C1. The smallest absolute Gasteiger partial charge is 0.104 e. The van der Waals surface area contributed by atoms with Gasteiger partial charge in [-0.05, 0) is 40.2 Å². The van der Waals surface area contributed by atoms with Gasteiger partial charge in [0.2, 0.25) is 0 Å². The van der Waals surface area contributed by atoms with E-state index < -0.39 is 5.60 Å². The fourth-order valence-electron chi connectivity index (χ4n) is 2.06. The van der Waals surface area contributed by atoms with Gasteiger partial charge in [0.25, 0.3) is 0 Å². The van der Waals surface area contributed by atoms with Crippen LogP contribution in [-0.2, 0) is 5.60 Å². The minimum absolute atomic E-state index is 0.528. The summed E-state index contributed by atoms with van der Waals surface area (Å²) in [4.78, 5) is 0. The van der Waals surface area contributed by atoms with Gasteiger partial charge in [0.05, 0.1) is 0 Å². The van der Waals surface area contributed by atoms with Crippen molar-refractivity contribution in [2.45, 2.75) is 18.9 Å². The highest BCUT2D eigenvalue weighted by Crippen LogP contribution is 2.37. The monoisotopic (exact) mass is 275 g/mol. The molecule has 14 heavy (non-hydrogen) atoms. The molecule has 0 radical (unpaired) electrons. The summed E-state index contributed by atoms with van der Waals surface area (Å²) in [6, 6.07) is 0. The first-order chi connectivity index (χ1) is 6.62. The molecule has 78 valence electrons. The Bertz CT molecular complexity index is 328. The maximum atomic E-state index is 10.5. The Balaban J connectivity index is 2.27. The number of piperidine rings is 1. The van der Waals surface area contributed by atoms with Gasteiger partial charge < -0.3 is 10.4 Å². The van der Waals surface area contributed by atoms with Gasteiger partial charge in [-0.15, -0.1) is 0 Å². The molecule has 1 aliphatic rings. The fraction of sp³-hybridized carbons (Fsp3) is 0.600. The van der Waals surface area contributed by atoms with Gasteiger partial charge in [-0.3, -0.25) is 0 Å². The van der Waals surface area contributed by atoms with Gasteiger partial charge in [-0.1, -0.05) is 6.92 Å². The molecule has 0 aliphatic carbocycles. The van der Waals surface area contributed by atoms with E-state index in [9.17, 15) is 5.11 Å². The Morgan fingerprint density at radius 3 is 3.00 bits per heavy atom. The molecule has 2 heterocycles. The highest BCUT2D eigenvalue weighted by atomic mass is 79.9. The van der Waals surface area contributed by atoms with E-state index in [1.165, 1.54) is 0 Å². The molecule has 1 aliphatic heterocycles. The fourth-order valence-corrected chi connectivity index (χ4v) is 3.82. The first-order valence-electron chi connectivity index (χ1n) is 4.77. The summed E-state index contributed by atoms with van der Waals surface area (Å²) >= 11 is 5.10. The van der Waals surface area contributed by atoms with Crippen molar-refractivity contribution < 1.29 is 5.11 Å². The van der Waals surface area contributed by atoms with Crippen LogP contribution in [0.3, 0.4) is 0 Å². The van der Waals surface area contributed by atoms with Gasteiger partial charge in [-0.2, -0.15) is 11.3 Å². The van der Waals surface area contributed by atoms with E-state index in [-0.39, 0.29) is 0 Å². The van der Waals surface area contributed by atoms with Crippen LogP contribution in [-0.4, -0.2) is 18.2 Å². The van der Waals surface area contributed by atoms with E-state index in [4.69, 9.17) is 0 Å². The molecular weight excluding hydrogens is 262 g/mol. The average molecular weight is 276 g/mol. The third-order valence-corrected chi connectivity index (χ3v) is 4.42. The highest BCUT2D eigenvalue weighted by Gasteiger charge is 2.36. The lowest BCUT2D eigenvalue weighted by atomic mass is 9.83. The largest absolute Gasteiger partial charge is 0.384 e. The Hall–Kier alpha value is 0.100. The Morgan fingerprint density at radius 2 is 2.43 bits per heavy atom. The van der Waals surface area contributed by atoms with Gasteiger partial charge >= 0.3 is 0 Å². The Morgan fingerprint density at radius 1 is 1.64 bits per heavy atom. The van der Waals surface area contributed by atoms with E-state index in [2.05, 4.69) is 28.2 Å². The lowest BCUT2D eigenvalue weighted by Crippen LogP contribution is -2.46. The normalized spacial score (nSPS) is 33.2. The summed E-state index contributed by atoms with van der Waals surface area (Å²) < 4.78 is 1.03. The van der Waals surface area contributed by atoms with Crippen molar-refractivity contribution in [3.05, 3.63) is 20.8 Å². The van der Waals surface area contributed by atoms with Crippen LogP contribution in [0.2, 0.25) is 0 Å². The van der Waals surface area contributed by atoms with Crippen LogP contribution in [0.15, 0.2) is 15.2 Å². The first kappa shape index (κ1) is 10.6. The first-order valence-corrected chi connectivity index (χ1v) is 6.51. The summed E-state index contributed by atoms with van der Waals surface area (Å²) in [6.07, 6.45) is 0.843. The van der Waals surface area contributed by atoms with E-state index in [1.807, 2.05) is 10.8 Å². The van der Waals surface area contributed by atoms with Crippen molar-refractivity contribution in [3.8, 4) is 0 Å². The van der Waals surface area contributed by atoms with Gasteiger partial charge in [-0.25, -0.2) is 0 Å². The zero-order valence-corrected chi connectivity index (χ0v) is 10.5. The van der Waals surface area contributed by atoms with Crippen LogP contribution in [0.25, 0.3) is 0 Å². The molecule has 0 bridgehead atoms. The molecule has 1 aromatic heterocycles. The molecule has 2 unspecified atom stereocenters. The number of hydrogen-bond donors (Lipinski definition) is 2. The molecule has 0 saturated carbocycles. The molecule has 2 rings (SSSR count). The van der Waals surface area contributed by atoms with Crippen molar-refractivity contribution in [2.75, 3.05) is 13.1 Å². The van der Waals surface area contributed by atoms with Crippen LogP contribution >= 0.6 is 27.3 Å². The summed E-state index contributed by atoms with van der Waals surface area (Å²) in [5, 5.41) is 17.8. The van der Waals surface area contributed by atoms with Crippen molar-refractivity contribution in [1.29, 1.82) is 0 Å². The summed E-state index contributed by atoms with van der Waals surface area (Å²) in [5.74, 6) is 0.528. The molecule has 2 N–H and O–H groups in total. The number of hydrogen-bond acceptors (Lipinski definition) is 3. The van der Waals surface area contributed by atoms with Crippen molar-refractivity contribution in [3.63, 3.8) is 0 Å². The van der Waals surface area contributed by atoms with Crippen LogP contribution in [0.4, 0.5) is 0 Å². The zero-order chi connectivity index (χ0) is 10.2. The number of β-amino-alcohol motifs (C(OH)–C–C–N with tert-alkyl or cyclic N) is 1. The maximum absolute atomic E-state index is 10.5. The second-order valence-corrected chi connectivity index (χ2v) is 5.70. The topological polar surface area (TPSA) is 32.3 Å². The lowest BCUT2D eigenvalue weighted by Gasteiger charge is -2.36. The van der Waals surface area contributed by atoms with Crippen molar-refractivity contribution in [1.82, 2.24) is 5.32 Å². The van der Waals surface area contributed by atoms with Crippen LogP contribution in [0.1, 0.15) is 18.9 Å². The minimum atomic E-state index is -0.684. The molecule has 0 spiro atoms. The lowest BCUT2D eigenvalue weighted by molar-refractivity contribution is -0.00477. The average Bonchev–Trinajstić information content (AvgIpc) is 2.51. The number of aliphatic hydroxyl groups is 1. The molecule has 2 atom stereocenters. The van der Waals surface area contributed by atoms with Crippen molar-refractivity contribution >= 4 is 27.3 Å². The molecule has 4 heteroatoms. The van der Waals surface area contributed by atoms with E-state index in [1.54, 1.807) is 11.3 Å². The zero-order valence-electron chi connectivity index (χ0n) is 8.09. The van der Waals surface area contributed by atoms with E-state index in [0.29, 0.717) is 12.5 Å². The van der Waals surface area contributed by atoms with Crippen LogP contribution in [0.5, 0.6) is 0 Å². The standard InChI is InChI=1S/C10H14BrNOS/c1-7-2-10(13,6-12-3-7)8-4-14-5-9(8)11/h4-5,7,12-13H,2-3,6H2,1H3. The molecule has 1 saturated heterocycles. The van der Waals surface area contributed by atoms with Gasteiger partial charge in [0.1, 0.15) is 5.60 Å². The van der Waals surface area contributed by atoms with Crippen LogP contribution < -0.4 is 5.32 Å².